The molecule has 0 atom stereocenters. The third kappa shape index (κ3) is 3.60. The van der Waals surface area contributed by atoms with Crippen molar-refractivity contribution in [3.05, 3.63) is 61.7 Å². The summed E-state index contributed by atoms with van der Waals surface area (Å²) in [7, 11) is 1.30. The van der Waals surface area contributed by atoms with E-state index in [9.17, 15) is 20.3 Å². The van der Waals surface area contributed by atoms with Crippen LogP contribution in [-0.2, 0) is 0 Å². The molecule has 1 heterocycles. The van der Waals surface area contributed by atoms with E-state index in [-0.39, 0.29) is 22.0 Å². The molecule has 0 fully saturated rings. The molecule has 0 saturated heterocycles. The Hall–Kier alpha value is -3.03. The number of aromatic nitrogens is 1. The number of nitro groups is 1. The van der Waals surface area contributed by atoms with Gasteiger partial charge in [0.1, 0.15) is 5.52 Å². The maximum Gasteiger partial charge on any atom is 0.315 e. The van der Waals surface area contributed by atoms with Gasteiger partial charge in [0.15, 0.2) is 11.5 Å². The van der Waals surface area contributed by atoms with Gasteiger partial charge in [-0.05, 0) is 35.9 Å². The van der Waals surface area contributed by atoms with E-state index >= 15 is 0 Å². The molecule has 27 heavy (non-hydrogen) atoms. The van der Waals surface area contributed by atoms with E-state index in [2.05, 4.69) is 4.98 Å². The topological polar surface area (TPSA) is 106 Å². The molecule has 0 amide bonds. The number of ether oxygens (including phenoxy) is 1. The third-order valence-corrected chi connectivity index (χ3v) is 4.42. The summed E-state index contributed by atoms with van der Waals surface area (Å²) < 4.78 is 4.96. The van der Waals surface area contributed by atoms with Gasteiger partial charge >= 0.3 is 5.69 Å². The maximum atomic E-state index is 11.1. The Balaban J connectivity index is 2.05. The van der Waals surface area contributed by atoms with Crippen LogP contribution in [0, 0.1) is 10.1 Å². The van der Waals surface area contributed by atoms with Crippen LogP contribution >= 0.6 is 23.2 Å². The summed E-state index contributed by atoms with van der Waals surface area (Å²) in [5, 5.41) is 32.0. The number of hydrogen-bond donors (Lipinski definition) is 2. The van der Waals surface area contributed by atoms with Crippen molar-refractivity contribution in [1.82, 2.24) is 4.98 Å². The molecule has 2 N–H and O–H groups in total. The standard InChI is InChI=1S/C18H12Cl2N2O5/c1-27-15-7-9(6-14(18(15)24)22(25)26)2-3-10-4-5-11-12(19)8-13(20)17(23)16(11)21-10/h2-8,23-24H,1H3. The van der Waals surface area contributed by atoms with Gasteiger partial charge in [-0.2, -0.15) is 0 Å². The fourth-order valence-corrected chi connectivity index (χ4v) is 3.01. The van der Waals surface area contributed by atoms with Crippen molar-refractivity contribution in [2.45, 2.75) is 0 Å². The molecule has 0 saturated carbocycles. The first kappa shape index (κ1) is 18.8. The summed E-state index contributed by atoms with van der Waals surface area (Å²) in [6.07, 6.45) is 3.15. The lowest BCUT2D eigenvalue weighted by atomic mass is 10.1. The highest BCUT2D eigenvalue weighted by Gasteiger charge is 2.19. The van der Waals surface area contributed by atoms with Crippen LogP contribution in [0.2, 0.25) is 10.0 Å². The minimum atomic E-state index is -0.703. The summed E-state index contributed by atoms with van der Waals surface area (Å²) in [4.78, 5) is 14.7. The fourth-order valence-electron chi connectivity index (χ4n) is 2.50. The first-order chi connectivity index (χ1) is 12.8. The molecule has 0 aliphatic rings. The number of methoxy groups -OCH3 is 1. The number of benzene rings is 2. The summed E-state index contributed by atoms with van der Waals surface area (Å²) in [5.74, 6) is -0.752. The second-order valence-electron chi connectivity index (χ2n) is 5.50. The molecule has 0 radical (unpaired) electrons. The van der Waals surface area contributed by atoms with Crippen LogP contribution in [0.15, 0.2) is 30.3 Å². The minimum absolute atomic E-state index is 0.0217. The van der Waals surface area contributed by atoms with E-state index in [0.29, 0.717) is 21.7 Å². The molecule has 3 aromatic rings. The van der Waals surface area contributed by atoms with Crippen LogP contribution in [0.3, 0.4) is 0 Å². The maximum absolute atomic E-state index is 11.1. The average Bonchev–Trinajstić information content (AvgIpc) is 2.64. The van der Waals surface area contributed by atoms with Crippen LogP contribution in [0.1, 0.15) is 11.3 Å². The van der Waals surface area contributed by atoms with Crippen LogP contribution in [0.5, 0.6) is 17.2 Å². The second-order valence-corrected chi connectivity index (χ2v) is 6.32. The van der Waals surface area contributed by atoms with Crippen LogP contribution in [-0.4, -0.2) is 27.2 Å². The smallest absolute Gasteiger partial charge is 0.315 e. The number of pyridine rings is 1. The molecular weight excluding hydrogens is 395 g/mol. The predicted molar refractivity (Wildman–Crippen MR) is 104 cm³/mol. The van der Waals surface area contributed by atoms with Gasteiger partial charge in [-0.3, -0.25) is 10.1 Å². The zero-order valence-electron chi connectivity index (χ0n) is 13.8. The highest BCUT2D eigenvalue weighted by atomic mass is 35.5. The summed E-state index contributed by atoms with van der Waals surface area (Å²) in [6.45, 7) is 0. The van der Waals surface area contributed by atoms with Crippen molar-refractivity contribution < 1.29 is 19.9 Å². The first-order valence-electron chi connectivity index (χ1n) is 7.53. The molecule has 0 spiro atoms. The van der Waals surface area contributed by atoms with Gasteiger partial charge < -0.3 is 14.9 Å². The lowest BCUT2D eigenvalue weighted by molar-refractivity contribution is -0.386. The lowest BCUT2D eigenvalue weighted by Gasteiger charge is -2.06. The van der Waals surface area contributed by atoms with Gasteiger partial charge in [-0.25, -0.2) is 4.98 Å². The van der Waals surface area contributed by atoms with Crippen LogP contribution in [0.25, 0.3) is 23.1 Å². The van der Waals surface area contributed by atoms with Crippen molar-refractivity contribution in [3.8, 4) is 17.2 Å². The largest absolute Gasteiger partial charge is 0.504 e. The molecule has 2 aromatic carbocycles. The summed E-state index contributed by atoms with van der Waals surface area (Å²) in [6, 6.07) is 7.44. The number of nitro benzene ring substituents is 1. The van der Waals surface area contributed by atoms with Crippen molar-refractivity contribution in [2.24, 2.45) is 0 Å². The van der Waals surface area contributed by atoms with Crippen LogP contribution < -0.4 is 4.74 Å². The molecule has 7 nitrogen and oxygen atoms in total. The van der Waals surface area contributed by atoms with Crippen molar-refractivity contribution in [1.29, 1.82) is 0 Å². The molecule has 0 aliphatic heterocycles. The van der Waals surface area contributed by atoms with Crippen molar-refractivity contribution in [2.75, 3.05) is 7.11 Å². The monoisotopic (exact) mass is 406 g/mol. The zero-order chi connectivity index (χ0) is 19.7. The molecule has 1 aromatic heterocycles. The highest BCUT2D eigenvalue weighted by Crippen LogP contribution is 2.38. The van der Waals surface area contributed by atoms with Crippen LogP contribution in [0.4, 0.5) is 5.69 Å². The Morgan fingerprint density at radius 2 is 1.85 bits per heavy atom. The summed E-state index contributed by atoms with van der Waals surface area (Å²) >= 11 is 12.0. The Labute approximate surface area is 163 Å². The molecule has 138 valence electrons. The Morgan fingerprint density at radius 1 is 1.11 bits per heavy atom. The van der Waals surface area contributed by atoms with Gasteiger partial charge in [-0.15, -0.1) is 0 Å². The molecule has 0 bridgehead atoms. The average molecular weight is 407 g/mol. The normalized spacial score (nSPS) is 11.2. The zero-order valence-corrected chi connectivity index (χ0v) is 15.3. The Bertz CT molecular complexity index is 1100. The number of hydrogen-bond acceptors (Lipinski definition) is 6. The second kappa shape index (κ2) is 7.30. The van der Waals surface area contributed by atoms with Gasteiger partial charge in [-0.1, -0.05) is 29.3 Å². The Morgan fingerprint density at radius 3 is 2.52 bits per heavy atom. The molecule has 9 heteroatoms. The van der Waals surface area contributed by atoms with Gasteiger partial charge in [0.05, 0.1) is 27.8 Å². The third-order valence-electron chi connectivity index (χ3n) is 3.82. The number of rotatable bonds is 4. The van der Waals surface area contributed by atoms with E-state index in [1.807, 2.05) is 0 Å². The van der Waals surface area contributed by atoms with Gasteiger partial charge in [0.25, 0.3) is 0 Å². The number of phenols is 2. The van der Waals surface area contributed by atoms with Gasteiger partial charge in [0, 0.05) is 11.5 Å². The minimum Gasteiger partial charge on any atom is -0.504 e. The quantitative estimate of drug-likeness (QED) is 0.464. The Kier molecular flexibility index (Phi) is 5.07. The number of fused-ring (bicyclic) bond motifs is 1. The van der Waals surface area contributed by atoms with E-state index in [0.717, 1.165) is 0 Å². The predicted octanol–water partition coefficient (Wildman–Crippen LogP) is 5.04. The first-order valence-corrected chi connectivity index (χ1v) is 8.28. The van der Waals surface area contributed by atoms with E-state index < -0.39 is 16.4 Å². The molecule has 0 aliphatic carbocycles. The van der Waals surface area contributed by atoms with Crippen molar-refractivity contribution in [3.63, 3.8) is 0 Å². The molecular formula is C18H12Cl2N2O5. The van der Waals surface area contributed by atoms with Gasteiger partial charge in [0.2, 0.25) is 5.75 Å². The summed E-state index contributed by atoms with van der Waals surface area (Å²) in [5.41, 5.74) is 0.651. The molecule has 0 unspecified atom stereocenters. The van der Waals surface area contributed by atoms with Crippen molar-refractivity contribution >= 4 is 51.9 Å². The number of nitrogens with zero attached hydrogens (tertiary/aromatic N) is 2. The SMILES string of the molecule is COc1cc(C=Cc2ccc3c(Cl)cc(Cl)c(O)c3n2)cc([N+](=O)[O-])c1O. The number of halogens is 2. The number of phenolic OH excluding ortho intramolecular Hbond substituents is 2. The highest BCUT2D eigenvalue weighted by molar-refractivity contribution is 6.39. The number of aromatic hydroxyl groups is 2. The molecule has 3 rings (SSSR count). The van der Waals surface area contributed by atoms with E-state index in [4.69, 9.17) is 27.9 Å². The fraction of sp³-hybridized carbons (Fsp3) is 0.0556. The van der Waals surface area contributed by atoms with E-state index in [1.54, 1.807) is 24.3 Å². The lowest BCUT2D eigenvalue weighted by Crippen LogP contribution is -1.93. The van der Waals surface area contributed by atoms with E-state index in [1.165, 1.54) is 25.3 Å².